The van der Waals surface area contributed by atoms with Crippen LogP contribution in [0.25, 0.3) is 0 Å². The molecule has 1 rings (SSSR count). The molecule has 0 spiro atoms. The zero-order valence-corrected chi connectivity index (χ0v) is 9.72. The van der Waals surface area contributed by atoms with Gasteiger partial charge in [-0.15, -0.1) is 12.4 Å². The van der Waals surface area contributed by atoms with E-state index < -0.39 is 0 Å². The lowest BCUT2D eigenvalue weighted by molar-refractivity contribution is 0.321. The number of rotatable bonds is 1. The molecule has 0 atom stereocenters. The van der Waals surface area contributed by atoms with Crippen LogP contribution in [0.4, 0.5) is 0 Å². The Hall–Kier alpha value is -1.54. The van der Waals surface area contributed by atoms with Crippen LogP contribution in [-0.4, -0.2) is 17.5 Å². The van der Waals surface area contributed by atoms with Gasteiger partial charge in [0, 0.05) is 13.8 Å². The van der Waals surface area contributed by atoms with Crippen LogP contribution < -0.4 is 0 Å². The van der Waals surface area contributed by atoms with Crippen LogP contribution in [0.1, 0.15) is 25.4 Å². The van der Waals surface area contributed by atoms with Crippen LogP contribution in [-0.2, 0) is 4.74 Å². The molecule has 1 heterocycles. The third-order valence-corrected chi connectivity index (χ3v) is 1.09. The molecule has 0 aliphatic carbocycles. The second-order valence-electron chi connectivity index (χ2n) is 2.35. The SMILES string of the molecule is CCOC(C)=N.Cc1nc(C#N)co1.Cl. The third-order valence-electron chi connectivity index (χ3n) is 1.09. The van der Waals surface area contributed by atoms with Gasteiger partial charge in [-0.25, -0.2) is 4.98 Å². The van der Waals surface area contributed by atoms with E-state index in [1.807, 2.05) is 13.0 Å². The second kappa shape index (κ2) is 9.03. The Kier molecular flexibility index (Phi) is 9.58. The molecule has 84 valence electrons. The van der Waals surface area contributed by atoms with Crippen LogP contribution in [0.2, 0.25) is 0 Å². The maximum atomic E-state index is 8.18. The molecule has 0 radical (unpaired) electrons. The Morgan fingerprint density at radius 1 is 1.73 bits per heavy atom. The molecule has 0 amide bonds. The van der Waals surface area contributed by atoms with Gasteiger partial charge in [0.1, 0.15) is 12.3 Å². The van der Waals surface area contributed by atoms with Gasteiger partial charge in [-0.3, -0.25) is 5.41 Å². The summed E-state index contributed by atoms with van der Waals surface area (Å²) >= 11 is 0. The van der Waals surface area contributed by atoms with Gasteiger partial charge in [0.2, 0.25) is 0 Å². The molecule has 6 heteroatoms. The first-order valence-electron chi connectivity index (χ1n) is 4.10. The quantitative estimate of drug-likeness (QED) is 0.594. The third kappa shape index (κ3) is 8.78. The molecular formula is C9H14ClN3O2. The maximum Gasteiger partial charge on any atom is 0.192 e. The molecule has 0 fully saturated rings. The highest BCUT2D eigenvalue weighted by atomic mass is 35.5. The van der Waals surface area contributed by atoms with E-state index in [9.17, 15) is 0 Å². The van der Waals surface area contributed by atoms with Gasteiger partial charge in [0.25, 0.3) is 0 Å². The summed E-state index contributed by atoms with van der Waals surface area (Å²) in [5.41, 5.74) is 0.336. The Morgan fingerprint density at radius 2 is 2.33 bits per heavy atom. The molecule has 0 aromatic carbocycles. The van der Waals surface area contributed by atoms with Gasteiger partial charge in [-0.05, 0) is 6.92 Å². The molecule has 15 heavy (non-hydrogen) atoms. The van der Waals surface area contributed by atoms with E-state index in [1.54, 1.807) is 13.8 Å². The highest BCUT2D eigenvalue weighted by Crippen LogP contribution is 1.96. The van der Waals surface area contributed by atoms with Crippen LogP contribution in [0.5, 0.6) is 0 Å². The van der Waals surface area contributed by atoms with Gasteiger partial charge >= 0.3 is 0 Å². The van der Waals surface area contributed by atoms with E-state index in [1.165, 1.54) is 6.26 Å². The molecule has 0 unspecified atom stereocenters. The fourth-order valence-corrected chi connectivity index (χ4v) is 0.631. The van der Waals surface area contributed by atoms with Gasteiger partial charge < -0.3 is 9.15 Å². The summed E-state index contributed by atoms with van der Waals surface area (Å²) in [5.74, 6) is 0.819. The predicted octanol–water partition coefficient (Wildman–Crippen LogP) is 2.30. The van der Waals surface area contributed by atoms with E-state index in [0.717, 1.165) is 0 Å². The molecule has 5 nitrogen and oxygen atoms in total. The normalized spacial score (nSPS) is 7.60. The minimum atomic E-state index is 0. The highest BCUT2D eigenvalue weighted by Gasteiger charge is 1.93. The van der Waals surface area contributed by atoms with Crippen LogP contribution in [0.15, 0.2) is 10.7 Å². The van der Waals surface area contributed by atoms with Gasteiger partial charge in [0.05, 0.1) is 6.61 Å². The number of hydrogen-bond acceptors (Lipinski definition) is 5. The summed E-state index contributed by atoms with van der Waals surface area (Å²) in [7, 11) is 0. The first kappa shape index (κ1) is 15.9. The minimum absolute atomic E-state index is 0. The molecule has 0 aliphatic heterocycles. The number of aryl methyl sites for hydroxylation is 1. The van der Waals surface area contributed by atoms with Gasteiger partial charge in [0.15, 0.2) is 17.5 Å². The fourth-order valence-electron chi connectivity index (χ4n) is 0.631. The summed E-state index contributed by atoms with van der Waals surface area (Å²) < 4.78 is 9.35. The zero-order valence-electron chi connectivity index (χ0n) is 8.90. The number of nitriles is 1. The summed E-state index contributed by atoms with van der Waals surface area (Å²) in [4.78, 5) is 3.70. The molecular weight excluding hydrogens is 218 g/mol. The van der Waals surface area contributed by atoms with Crippen LogP contribution in [0, 0.1) is 23.7 Å². The number of ether oxygens (including phenoxy) is 1. The molecule has 1 aromatic rings. The summed E-state index contributed by atoms with van der Waals surface area (Å²) in [6.45, 7) is 5.78. The average Bonchev–Trinajstić information content (AvgIpc) is 2.52. The van der Waals surface area contributed by atoms with Crippen molar-refractivity contribution in [2.75, 3.05) is 6.61 Å². The van der Waals surface area contributed by atoms with Crippen molar-refractivity contribution >= 4 is 18.3 Å². The largest absolute Gasteiger partial charge is 0.482 e. The second-order valence-corrected chi connectivity index (χ2v) is 2.35. The van der Waals surface area contributed by atoms with Crippen molar-refractivity contribution in [2.45, 2.75) is 20.8 Å². The lowest BCUT2D eigenvalue weighted by Crippen LogP contribution is -1.94. The number of nitrogens with one attached hydrogen (secondary N) is 1. The fraction of sp³-hybridized carbons (Fsp3) is 0.444. The van der Waals surface area contributed by atoms with Crippen molar-refractivity contribution in [3.8, 4) is 6.07 Å². The average molecular weight is 232 g/mol. The first-order valence-corrected chi connectivity index (χ1v) is 4.10. The van der Waals surface area contributed by atoms with Gasteiger partial charge in [-0.2, -0.15) is 5.26 Å². The molecule has 1 N–H and O–H groups in total. The summed E-state index contributed by atoms with van der Waals surface area (Å²) in [6.07, 6.45) is 1.33. The lowest BCUT2D eigenvalue weighted by Gasteiger charge is -1.93. The van der Waals surface area contributed by atoms with E-state index in [-0.39, 0.29) is 18.3 Å². The highest BCUT2D eigenvalue weighted by molar-refractivity contribution is 5.85. The Balaban J connectivity index is 0. The lowest BCUT2D eigenvalue weighted by atomic mass is 10.6. The van der Waals surface area contributed by atoms with Crippen LogP contribution in [0.3, 0.4) is 0 Å². The van der Waals surface area contributed by atoms with Crippen molar-refractivity contribution in [3.05, 3.63) is 17.8 Å². The topological polar surface area (TPSA) is 82.9 Å². The number of halogens is 1. The van der Waals surface area contributed by atoms with E-state index in [2.05, 4.69) is 9.72 Å². The molecule has 0 aliphatic rings. The van der Waals surface area contributed by atoms with Crippen molar-refractivity contribution in [1.29, 1.82) is 10.7 Å². The van der Waals surface area contributed by atoms with E-state index in [4.69, 9.17) is 15.1 Å². The summed E-state index contributed by atoms with van der Waals surface area (Å²) in [6, 6.07) is 1.84. The molecule has 0 bridgehead atoms. The maximum absolute atomic E-state index is 8.18. The monoisotopic (exact) mass is 231 g/mol. The zero-order chi connectivity index (χ0) is 11.0. The van der Waals surface area contributed by atoms with Crippen molar-refractivity contribution in [2.24, 2.45) is 0 Å². The van der Waals surface area contributed by atoms with E-state index in [0.29, 0.717) is 18.2 Å². The molecule has 0 saturated heterocycles. The predicted molar refractivity (Wildman–Crippen MR) is 58.2 cm³/mol. The Morgan fingerprint density at radius 3 is 2.47 bits per heavy atom. The minimum Gasteiger partial charge on any atom is -0.482 e. The Bertz CT molecular complexity index is 330. The van der Waals surface area contributed by atoms with Crippen molar-refractivity contribution in [1.82, 2.24) is 4.98 Å². The van der Waals surface area contributed by atoms with Crippen molar-refractivity contribution in [3.63, 3.8) is 0 Å². The van der Waals surface area contributed by atoms with Crippen molar-refractivity contribution < 1.29 is 9.15 Å². The van der Waals surface area contributed by atoms with E-state index >= 15 is 0 Å². The Labute approximate surface area is 95.0 Å². The smallest absolute Gasteiger partial charge is 0.192 e. The molecule has 1 aromatic heterocycles. The standard InChI is InChI=1S/C5H4N2O.C4H9NO.ClH/c1-4-7-5(2-6)3-8-4;1-3-6-4(2)5;/h3H,1H3;5H,3H2,1-2H3;1H. The van der Waals surface area contributed by atoms with Gasteiger partial charge in [-0.1, -0.05) is 0 Å². The first-order chi connectivity index (χ1) is 6.60. The number of oxazole rings is 1. The van der Waals surface area contributed by atoms with Crippen LogP contribution >= 0.6 is 12.4 Å². The number of hydrogen-bond donors (Lipinski definition) is 1. The number of aromatic nitrogens is 1. The molecule has 0 saturated carbocycles. The summed E-state index contributed by atoms with van der Waals surface area (Å²) in [5, 5.41) is 14.9. The number of nitrogens with zero attached hydrogens (tertiary/aromatic N) is 2.